The molecule has 1 heterocycles. The van der Waals surface area contributed by atoms with Crippen LogP contribution in [0.2, 0.25) is 0 Å². The highest BCUT2D eigenvalue weighted by molar-refractivity contribution is 5.92. The number of ether oxygens (including phenoxy) is 2. The Hall–Kier alpha value is -2.16. The number of aromatic nitrogens is 2. The van der Waals surface area contributed by atoms with E-state index in [0.29, 0.717) is 0 Å². The molecule has 3 N–H and O–H groups in total. The number of primary amides is 1. The molecule has 1 aromatic rings. The van der Waals surface area contributed by atoms with Crippen LogP contribution in [-0.4, -0.2) is 46.6 Å². The average molecular weight is 245 g/mol. The highest BCUT2D eigenvalue weighted by Gasteiger charge is 2.26. The van der Waals surface area contributed by atoms with Gasteiger partial charge in [-0.25, -0.2) is 9.42 Å². The molecule has 0 saturated heterocycles. The second-order valence-corrected chi connectivity index (χ2v) is 2.82. The second-order valence-electron chi connectivity index (χ2n) is 2.82. The molecule has 0 aliphatic rings. The predicted octanol–water partition coefficient (Wildman–Crippen LogP) is -1.53. The van der Waals surface area contributed by atoms with Gasteiger partial charge in [-0.15, -0.1) is 0 Å². The van der Waals surface area contributed by atoms with Crippen molar-refractivity contribution < 1.29 is 28.8 Å². The van der Waals surface area contributed by atoms with E-state index < -0.39 is 24.6 Å². The van der Waals surface area contributed by atoms with Crippen LogP contribution in [0.5, 0.6) is 5.88 Å². The minimum absolute atomic E-state index is 0.123. The normalized spacial score (nSPS) is 11.9. The fourth-order valence-electron chi connectivity index (χ4n) is 0.938. The van der Waals surface area contributed by atoms with E-state index in [4.69, 9.17) is 15.6 Å². The molecule has 0 saturated carbocycles. The summed E-state index contributed by atoms with van der Waals surface area (Å²) in [6.45, 7) is 1.07. The quantitative estimate of drug-likeness (QED) is 0.575. The summed E-state index contributed by atoms with van der Waals surface area (Å²) in [7, 11) is 0. The smallest absolute Gasteiger partial charge is 0.349 e. The Balaban J connectivity index is 2.77. The van der Waals surface area contributed by atoms with E-state index in [-0.39, 0.29) is 18.2 Å². The number of hydrogen-bond acceptors (Lipinski definition) is 8. The zero-order chi connectivity index (χ0) is 12.8. The molecule has 9 heteroatoms. The van der Waals surface area contributed by atoms with E-state index in [1.54, 1.807) is 6.92 Å². The van der Waals surface area contributed by atoms with E-state index in [9.17, 15) is 9.59 Å². The molecule has 1 unspecified atom stereocenters. The molecule has 0 aliphatic heterocycles. The Morgan fingerprint density at radius 2 is 2.24 bits per heavy atom. The summed E-state index contributed by atoms with van der Waals surface area (Å²) in [6, 6.07) is 0. The third-order valence-electron chi connectivity index (χ3n) is 1.66. The van der Waals surface area contributed by atoms with Crippen LogP contribution in [0.1, 0.15) is 17.4 Å². The number of esters is 1. The van der Waals surface area contributed by atoms with E-state index in [0.717, 1.165) is 0 Å². The van der Waals surface area contributed by atoms with Gasteiger partial charge in [-0.1, -0.05) is 0 Å². The van der Waals surface area contributed by atoms with Crippen LogP contribution in [0.4, 0.5) is 0 Å². The Kier molecular flexibility index (Phi) is 4.40. The van der Waals surface area contributed by atoms with E-state index in [1.165, 1.54) is 0 Å². The summed E-state index contributed by atoms with van der Waals surface area (Å²) >= 11 is 0. The van der Waals surface area contributed by atoms with Crippen molar-refractivity contribution in [3.8, 4) is 5.88 Å². The molecule has 94 valence electrons. The van der Waals surface area contributed by atoms with Gasteiger partial charge >= 0.3 is 5.97 Å². The zero-order valence-corrected chi connectivity index (χ0v) is 8.95. The van der Waals surface area contributed by atoms with Crippen molar-refractivity contribution in [3.63, 3.8) is 0 Å². The number of nitrogens with zero attached hydrogens (tertiary/aromatic N) is 2. The lowest BCUT2D eigenvalue weighted by molar-refractivity contribution is -0.153. The van der Waals surface area contributed by atoms with Crippen molar-refractivity contribution in [1.82, 2.24) is 10.3 Å². The van der Waals surface area contributed by atoms with Gasteiger partial charge in [0.05, 0.1) is 13.2 Å². The molecule has 17 heavy (non-hydrogen) atoms. The minimum Gasteiger partial charge on any atom is -0.463 e. The van der Waals surface area contributed by atoms with Crippen molar-refractivity contribution in [2.24, 2.45) is 5.73 Å². The van der Waals surface area contributed by atoms with Crippen LogP contribution in [0.3, 0.4) is 0 Å². The van der Waals surface area contributed by atoms with Gasteiger partial charge in [-0.2, -0.15) is 0 Å². The standard InChI is InChI=1S/C8H11N3O6/c1-2-15-8(14)4(3-12)16-7-5(6(9)13)10-17-11-7/h4,12H,2-3H2,1H3,(H2,9,13). The van der Waals surface area contributed by atoms with Gasteiger partial charge in [0.15, 0.2) is 0 Å². The highest BCUT2D eigenvalue weighted by atomic mass is 16.6. The number of rotatable bonds is 6. The van der Waals surface area contributed by atoms with Crippen molar-refractivity contribution in [1.29, 1.82) is 0 Å². The summed E-state index contributed by atoms with van der Waals surface area (Å²) in [4.78, 5) is 22.1. The molecule has 0 spiro atoms. The number of aliphatic hydroxyl groups is 1. The highest BCUT2D eigenvalue weighted by Crippen LogP contribution is 2.14. The van der Waals surface area contributed by atoms with Gasteiger partial charge in [0.1, 0.15) is 0 Å². The number of nitrogens with two attached hydrogens (primary N) is 1. The molecule has 1 atom stereocenters. The Labute approximate surface area is 95.4 Å². The molecule has 0 bridgehead atoms. The van der Waals surface area contributed by atoms with Crippen LogP contribution in [-0.2, 0) is 9.53 Å². The fraction of sp³-hybridized carbons (Fsp3) is 0.500. The van der Waals surface area contributed by atoms with Gasteiger partial charge in [-0.05, 0) is 17.2 Å². The molecule has 0 fully saturated rings. The first kappa shape index (κ1) is 12.9. The topological polar surface area (TPSA) is 138 Å². The summed E-state index contributed by atoms with van der Waals surface area (Å²) in [5, 5.41) is 15.4. The van der Waals surface area contributed by atoms with Crippen LogP contribution in [0.15, 0.2) is 4.63 Å². The second kappa shape index (κ2) is 5.80. The largest absolute Gasteiger partial charge is 0.463 e. The molecule has 1 rings (SSSR count). The number of aliphatic hydroxyl groups excluding tert-OH is 1. The molecule has 1 amide bonds. The monoisotopic (exact) mass is 245 g/mol. The molecule has 0 aliphatic carbocycles. The maximum Gasteiger partial charge on any atom is 0.349 e. The Morgan fingerprint density at radius 3 is 2.76 bits per heavy atom. The first-order valence-corrected chi connectivity index (χ1v) is 4.66. The lowest BCUT2D eigenvalue weighted by Crippen LogP contribution is -2.33. The minimum atomic E-state index is -1.32. The van der Waals surface area contributed by atoms with Gasteiger partial charge < -0.3 is 20.3 Å². The lowest BCUT2D eigenvalue weighted by atomic mass is 10.3. The van der Waals surface area contributed by atoms with Crippen LogP contribution < -0.4 is 10.5 Å². The number of carbonyl (C=O) groups excluding carboxylic acids is 2. The van der Waals surface area contributed by atoms with Crippen molar-refractivity contribution in [2.75, 3.05) is 13.2 Å². The fourth-order valence-corrected chi connectivity index (χ4v) is 0.938. The zero-order valence-electron chi connectivity index (χ0n) is 8.95. The first-order chi connectivity index (χ1) is 8.10. The third-order valence-corrected chi connectivity index (χ3v) is 1.66. The predicted molar refractivity (Wildman–Crippen MR) is 51.0 cm³/mol. The van der Waals surface area contributed by atoms with E-state index in [1.807, 2.05) is 0 Å². The summed E-state index contributed by atoms with van der Waals surface area (Å²) in [5.74, 6) is -2.10. The lowest BCUT2D eigenvalue weighted by Gasteiger charge is -2.12. The first-order valence-electron chi connectivity index (χ1n) is 4.66. The number of hydrogen-bond donors (Lipinski definition) is 2. The van der Waals surface area contributed by atoms with E-state index in [2.05, 4.69) is 19.7 Å². The van der Waals surface area contributed by atoms with Crippen molar-refractivity contribution >= 4 is 11.9 Å². The van der Waals surface area contributed by atoms with Gasteiger partial charge in [-0.3, -0.25) is 4.79 Å². The molecule has 0 aromatic carbocycles. The molecule has 0 radical (unpaired) electrons. The summed E-state index contributed by atoms with van der Waals surface area (Å²) < 4.78 is 13.8. The molecule has 1 aromatic heterocycles. The van der Waals surface area contributed by atoms with Crippen molar-refractivity contribution in [2.45, 2.75) is 13.0 Å². The number of amides is 1. The number of carbonyl (C=O) groups is 2. The van der Waals surface area contributed by atoms with Crippen LogP contribution in [0, 0.1) is 0 Å². The maximum atomic E-state index is 11.3. The third kappa shape index (κ3) is 3.14. The Morgan fingerprint density at radius 1 is 1.53 bits per heavy atom. The maximum absolute atomic E-state index is 11.3. The van der Waals surface area contributed by atoms with Crippen molar-refractivity contribution in [3.05, 3.63) is 5.69 Å². The van der Waals surface area contributed by atoms with Gasteiger partial charge in [0, 0.05) is 0 Å². The van der Waals surface area contributed by atoms with Crippen LogP contribution in [0.25, 0.3) is 0 Å². The molecular weight excluding hydrogens is 234 g/mol. The van der Waals surface area contributed by atoms with E-state index >= 15 is 0 Å². The summed E-state index contributed by atoms with van der Waals surface area (Å²) in [6.07, 6.45) is -1.32. The Bertz CT molecular complexity index is 404. The van der Waals surface area contributed by atoms with Gasteiger partial charge in [0.2, 0.25) is 11.8 Å². The van der Waals surface area contributed by atoms with Crippen LogP contribution >= 0.6 is 0 Å². The SMILES string of the molecule is CCOC(=O)C(CO)Oc1nonc1C(N)=O. The average Bonchev–Trinajstić information content (AvgIpc) is 2.74. The summed E-state index contributed by atoms with van der Waals surface area (Å²) in [5.41, 5.74) is 4.58. The van der Waals surface area contributed by atoms with Gasteiger partial charge in [0.25, 0.3) is 11.8 Å². The molecular formula is C8H11N3O6. The molecule has 9 nitrogen and oxygen atoms in total.